The van der Waals surface area contributed by atoms with E-state index in [1.807, 2.05) is 51.1 Å². The fourth-order valence-corrected chi connectivity index (χ4v) is 2.65. The van der Waals surface area contributed by atoms with Crippen molar-refractivity contribution in [3.8, 4) is 0 Å². The summed E-state index contributed by atoms with van der Waals surface area (Å²) in [6.45, 7) is 5.89. The first-order valence-electron chi connectivity index (χ1n) is 7.72. The molecule has 0 saturated heterocycles. The molecular formula is C18H19N3O2. The van der Waals surface area contributed by atoms with Crippen LogP contribution in [0, 0.1) is 0 Å². The minimum absolute atomic E-state index is 0.0275. The molecule has 0 radical (unpaired) electrons. The highest BCUT2D eigenvalue weighted by Crippen LogP contribution is 2.24. The molecule has 0 atom stereocenters. The van der Waals surface area contributed by atoms with Crippen molar-refractivity contribution in [2.45, 2.75) is 33.2 Å². The van der Waals surface area contributed by atoms with Crippen LogP contribution >= 0.6 is 0 Å². The van der Waals surface area contributed by atoms with Gasteiger partial charge in [0.2, 0.25) is 5.76 Å². The number of aryl methyl sites for hydroxylation is 1. The number of fused-ring (bicyclic) bond motifs is 1. The van der Waals surface area contributed by atoms with Gasteiger partial charge < -0.3 is 9.32 Å². The zero-order chi connectivity index (χ0) is 16.4. The zero-order valence-electron chi connectivity index (χ0n) is 13.5. The highest BCUT2D eigenvalue weighted by molar-refractivity contribution is 6.05. The van der Waals surface area contributed by atoms with Crippen molar-refractivity contribution in [3.05, 3.63) is 54.4 Å². The van der Waals surface area contributed by atoms with Gasteiger partial charge in [-0.05, 0) is 32.4 Å². The Morgan fingerprint density at radius 1 is 1.26 bits per heavy atom. The van der Waals surface area contributed by atoms with E-state index in [0.717, 1.165) is 16.6 Å². The van der Waals surface area contributed by atoms with E-state index in [-0.39, 0.29) is 11.9 Å². The predicted octanol–water partition coefficient (Wildman–Crippen LogP) is 3.84. The number of hydrogen-bond donors (Lipinski definition) is 0. The maximum Gasteiger partial charge on any atom is 0.296 e. The van der Waals surface area contributed by atoms with Crippen LogP contribution in [0.5, 0.6) is 0 Å². The first kappa shape index (κ1) is 15.2. The summed E-state index contributed by atoms with van der Waals surface area (Å²) in [4.78, 5) is 23.2. The Hall–Kier alpha value is -2.69. The van der Waals surface area contributed by atoms with Gasteiger partial charge in [0.15, 0.2) is 6.39 Å². The van der Waals surface area contributed by atoms with E-state index >= 15 is 0 Å². The Balaban J connectivity index is 2.05. The van der Waals surface area contributed by atoms with Crippen LogP contribution in [0.1, 0.15) is 37.0 Å². The number of nitrogens with zero attached hydrogens (tertiary/aromatic N) is 3. The molecule has 0 saturated carbocycles. The van der Waals surface area contributed by atoms with E-state index in [1.165, 1.54) is 6.39 Å². The topological polar surface area (TPSA) is 59.2 Å². The number of amides is 1. The van der Waals surface area contributed by atoms with E-state index in [1.54, 1.807) is 11.1 Å². The average Bonchev–Trinajstić information content (AvgIpc) is 3.03. The standard InChI is InChI=1S/C18H19N3O2/c1-4-15-17(23-11-20-15)18(22)21(12(2)3)14-9-13-7-5-6-8-16(13)19-10-14/h5-12H,4H2,1-3H3. The summed E-state index contributed by atoms with van der Waals surface area (Å²) in [6, 6.07) is 9.79. The summed E-state index contributed by atoms with van der Waals surface area (Å²) < 4.78 is 5.33. The lowest BCUT2D eigenvalue weighted by atomic mass is 10.1. The average molecular weight is 309 g/mol. The van der Waals surface area contributed by atoms with Crippen molar-refractivity contribution in [1.82, 2.24) is 9.97 Å². The minimum atomic E-state index is -0.188. The molecule has 1 aromatic carbocycles. The molecule has 0 spiro atoms. The number of aromatic nitrogens is 2. The van der Waals surface area contributed by atoms with Crippen LogP contribution in [0.2, 0.25) is 0 Å². The van der Waals surface area contributed by atoms with E-state index in [4.69, 9.17) is 4.42 Å². The quantitative estimate of drug-likeness (QED) is 0.734. The number of rotatable bonds is 4. The lowest BCUT2D eigenvalue weighted by molar-refractivity contribution is 0.0952. The highest BCUT2D eigenvalue weighted by Gasteiger charge is 2.26. The number of hydrogen-bond acceptors (Lipinski definition) is 4. The van der Waals surface area contributed by atoms with Crippen LogP contribution in [-0.2, 0) is 6.42 Å². The molecule has 0 bridgehead atoms. The molecule has 0 fully saturated rings. The van der Waals surface area contributed by atoms with Crippen LogP contribution < -0.4 is 4.90 Å². The number of anilines is 1. The van der Waals surface area contributed by atoms with Gasteiger partial charge in [-0.15, -0.1) is 0 Å². The molecule has 5 nitrogen and oxygen atoms in total. The molecule has 0 aliphatic rings. The van der Waals surface area contributed by atoms with Gasteiger partial charge in [0.05, 0.1) is 23.1 Å². The van der Waals surface area contributed by atoms with E-state index in [9.17, 15) is 4.79 Å². The van der Waals surface area contributed by atoms with E-state index < -0.39 is 0 Å². The first-order valence-corrected chi connectivity index (χ1v) is 7.72. The normalized spacial score (nSPS) is 11.1. The minimum Gasteiger partial charge on any atom is -0.438 e. The Labute approximate surface area is 135 Å². The van der Waals surface area contributed by atoms with Crippen molar-refractivity contribution in [2.24, 2.45) is 0 Å². The lowest BCUT2D eigenvalue weighted by Gasteiger charge is -2.26. The third-order valence-electron chi connectivity index (χ3n) is 3.76. The fourth-order valence-electron chi connectivity index (χ4n) is 2.65. The van der Waals surface area contributed by atoms with Gasteiger partial charge in [0.25, 0.3) is 5.91 Å². The van der Waals surface area contributed by atoms with Crippen LogP contribution in [0.4, 0.5) is 5.69 Å². The molecule has 1 amide bonds. The number of pyridine rings is 1. The first-order chi connectivity index (χ1) is 11.1. The number of carbonyl (C=O) groups is 1. The second kappa shape index (κ2) is 6.20. The number of oxazole rings is 1. The van der Waals surface area contributed by atoms with Gasteiger partial charge in [-0.3, -0.25) is 9.78 Å². The second-order valence-corrected chi connectivity index (χ2v) is 5.64. The molecule has 0 N–H and O–H groups in total. The van der Waals surface area contributed by atoms with Crippen LogP contribution in [0.15, 0.2) is 47.3 Å². The molecule has 118 valence electrons. The maximum atomic E-state index is 12.9. The smallest absolute Gasteiger partial charge is 0.296 e. The van der Waals surface area contributed by atoms with Gasteiger partial charge in [0.1, 0.15) is 0 Å². The largest absolute Gasteiger partial charge is 0.438 e. The predicted molar refractivity (Wildman–Crippen MR) is 89.6 cm³/mol. The van der Waals surface area contributed by atoms with Crippen molar-refractivity contribution < 1.29 is 9.21 Å². The molecule has 3 rings (SSSR count). The van der Waals surface area contributed by atoms with Gasteiger partial charge >= 0.3 is 0 Å². The SMILES string of the molecule is CCc1ncoc1C(=O)N(c1cnc2ccccc2c1)C(C)C. The Morgan fingerprint density at radius 2 is 2.04 bits per heavy atom. The summed E-state index contributed by atoms with van der Waals surface area (Å²) >= 11 is 0. The third kappa shape index (κ3) is 2.82. The summed E-state index contributed by atoms with van der Waals surface area (Å²) in [7, 11) is 0. The molecule has 0 aliphatic heterocycles. The second-order valence-electron chi connectivity index (χ2n) is 5.64. The molecule has 2 heterocycles. The molecule has 0 unspecified atom stereocenters. The lowest BCUT2D eigenvalue weighted by Crippen LogP contribution is -2.37. The zero-order valence-corrected chi connectivity index (χ0v) is 13.5. The van der Waals surface area contributed by atoms with Gasteiger partial charge in [-0.2, -0.15) is 0 Å². The van der Waals surface area contributed by atoms with Crippen molar-refractivity contribution in [3.63, 3.8) is 0 Å². The van der Waals surface area contributed by atoms with Gasteiger partial charge in [-0.1, -0.05) is 25.1 Å². The fraction of sp³-hybridized carbons (Fsp3) is 0.278. The van der Waals surface area contributed by atoms with Gasteiger partial charge in [0, 0.05) is 11.4 Å². The highest BCUT2D eigenvalue weighted by atomic mass is 16.3. The molecule has 5 heteroatoms. The molecule has 2 aromatic heterocycles. The summed E-state index contributed by atoms with van der Waals surface area (Å²) in [6.07, 6.45) is 3.70. The molecule has 3 aromatic rings. The van der Waals surface area contributed by atoms with Crippen LogP contribution in [0.3, 0.4) is 0 Å². The van der Waals surface area contributed by atoms with Crippen LogP contribution in [0.25, 0.3) is 10.9 Å². The number of para-hydroxylation sites is 1. The number of benzene rings is 1. The van der Waals surface area contributed by atoms with Crippen molar-refractivity contribution in [1.29, 1.82) is 0 Å². The van der Waals surface area contributed by atoms with E-state index in [2.05, 4.69) is 9.97 Å². The monoisotopic (exact) mass is 309 g/mol. The summed E-state index contributed by atoms with van der Waals surface area (Å²) in [5.41, 5.74) is 2.33. The maximum absolute atomic E-state index is 12.9. The summed E-state index contributed by atoms with van der Waals surface area (Å²) in [5, 5.41) is 0.997. The number of carbonyl (C=O) groups excluding carboxylic acids is 1. The van der Waals surface area contributed by atoms with Crippen molar-refractivity contribution >= 4 is 22.5 Å². The molecule has 0 aliphatic carbocycles. The van der Waals surface area contributed by atoms with E-state index in [0.29, 0.717) is 17.9 Å². The van der Waals surface area contributed by atoms with Crippen LogP contribution in [-0.4, -0.2) is 21.9 Å². The Morgan fingerprint density at radius 3 is 2.78 bits per heavy atom. The molecule has 23 heavy (non-hydrogen) atoms. The van der Waals surface area contributed by atoms with Gasteiger partial charge in [-0.25, -0.2) is 4.98 Å². The summed E-state index contributed by atoms with van der Waals surface area (Å²) in [5.74, 6) is 0.112. The third-order valence-corrected chi connectivity index (χ3v) is 3.76. The Bertz CT molecular complexity index is 839. The van der Waals surface area contributed by atoms with Crippen molar-refractivity contribution in [2.75, 3.05) is 4.90 Å². The molecular weight excluding hydrogens is 290 g/mol. The Kier molecular flexibility index (Phi) is 4.10.